The summed E-state index contributed by atoms with van der Waals surface area (Å²) in [4.78, 5) is 6.26. The van der Waals surface area contributed by atoms with E-state index >= 15 is 0 Å². The first-order valence-corrected chi connectivity index (χ1v) is 13.1. The van der Waals surface area contributed by atoms with Crippen LogP contribution in [-0.4, -0.2) is 70.7 Å². The summed E-state index contributed by atoms with van der Waals surface area (Å²) < 4.78 is 36.5. The molecule has 0 aliphatic carbocycles. The second kappa shape index (κ2) is 12.7. The second-order valence-corrected chi connectivity index (χ2v) is 10.3. The number of aliphatic imine (C=N–C) groups is 1. The van der Waals surface area contributed by atoms with E-state index in [1.165, 1.54) is 0 Å². The fourth-order valence-corrected chi connectivity index (χ4v) is 3.96. The van der Waals surface area contributed by atoms with Gasteiger partial charge in [0, 0.05) is 12.3 Å². The number of thioether (sulfide) groups is 1. The first-order valence-electron chi connectivity index (χ1n) is 10.0. The Labute approximate surface area is 194 Å². The van der Waals surface area contributed by atoms with Crippen LogP contribution >= 0.6 is 11.8 Å². The van der Waals surface area contributed by atoms with E-state index < -0.39 is 16.1 Å². The van der Waals surface area contributed by atoms with E-state index in [2.05, 4.69) is 15.0 Å². The monoisotopic (exact) mass is 484 g/mol. The Morgan fingerprint density at radius 3 is 2.53 bits per heavy atom. The van der Waals surface area contributed by atoms with Gasteiger partial charge in [0.15, 0.2) is 0 Å². The molecule has 0 radical (unpaired) electrons. The topological polar surface area (TPSA) is 116 Å². The smallest absolute Gasteiger partial charge is 0.232 e. The van der Waals surface area contributed by atoms with Crippen LogP contribution in [0.3, 0.4) is 0 Å². The molecule has 1 heterocycles. The zero-order valence-corrected chi connectivity index (χ0v) is 20.5. The Kier molecular flexibility index (Phi) is 10.4. The molecule has 9 nitrogen and oxygen atoms in total. The summed E-state index contributed by atoms with van der Waals surface area (Å²) in [6.45, 7) is 1.26. The van der Waals surface area contributed by atoms with Gasteiger partial charge in [-0.1, -0.05) is 12.1 Å². The van der Waals surface area contributed by atoms with Crippen LogP contribution < -0.4 is 14.8 Å². The van der Waals surface area contributed by atoms with Crippen molar-refractivity contribution < 1.29 is 22.7 Å². The minimum atomic E-state index is -3.51. The number of nitrogens with one attached hydrogen (secondary N) is 2. The van der Waals surface area contributed by atoms with Crippen LogP contribution in [0.4, 0.5) is 0 Å². The number of guanidine groups is 1. The number of furan rings is 1. The van der Waals surface area contributed by atoms with Crippen LogP contribution in [0.5, 0.6) is 5.75 Å². The third-order valence-electron chi connectivity index (χ3n) is 4.18. The molecule has 2 rings (SSSR count). The summed E-state index contributed by atoms with van der Waals surface area (Å²) in [5, 5.41) is 13.3. The molecule has 0 bridgehead atoms. The number of ether oxygens (including phenoxy) is 1. The lowest BCUT2D eigenvalue weighted by molar-refractivity contribution is 0.187. The maximum Gasteiger partial charge on any atom is 0.232 e. The summed E-state index contributed by atoms with van der Waals surface area (Å²) in [5.74, 6) is 4.05. The lowest BCUT2D eigenvalue weighted by Crippen LogP contribution is -2.41. The first kappa shape index (κ1) is 26.0. The van der Waals surface area contributed by atoms with Gasteiger partial charge in [-0.15, -0.1) is 0 Å². The van der Waals surface area contributed by atoms with E-state index in [-0.39, 0.29) is 12.5 Å². The minimum Gasteiger partial charge on any atom is -0.497 e. The fourth-order valence-electron chi connectivity index (χ4n) is 2.72. The Balaban J connectivity index is 1.83. The Hall–Kier alpha value is -2.21. The molecule has 32 heavy (non-hydrogen) atoms. The first-order chi connectivity index (χ1) is 15.2. The quantitative estimate of drug-likeness (QED) is 0.237. The summed E-state index contributed by atoms with van der Waals surface area (Å²) in [6, 6.07) is 10.9. The van der Waals surface area contributed by atoms with E-state index in [9.17, 15) is 13.5 Å². The van der Waals surface area contributed by atoms with Crippen LogP contribution in [0.25, 0.3) is 0 Å². The number of hydrogen-bond acceptors (Lipinski definition) is 8. The van der Waals surface area contributed by atoms with Gasteiger partial charge in [0.2, 0.25) is 16.0 Å². The molecule has 0 saturated heterocycles. The van der Waals surface area contributed by atoms with Crippen molar-refractivity contribution in [2.24, 2.45) is 4.99 Å². The van der Waals surface area contributed by atoms with E-state index in [4.69, 9.17) is 9.15 Å². The summed E-state index contributed by atoms with van der Waals surface area (Å²) in [6.07, 6.45) is 0.185. The number of rotatable bonds is 12. The highest BCUT2D eigenvalue weighted by atomic mass is 32.2. The minimum absolute atomic E-state index is 0.00533. The zero-order valence-electron chi connectivity index (χ0n) is 18.9. The van der Waals surface area contributed by atoms with Crippen molar-refractivity contribution in [1.82, 2.24) is 14.9 Å². The number of hydrogen-bond donors (Lipinski definition) is 3. The number of benzene rings is 1. The van der Waals surface area contributed by atoms with Crippen molar-refractivity contribution in [1.29, 1.82) is 0 Å². The van der Waals surface area contributed by atoms with Crippen molar-refractivity contribution in [3.63, 3.8) is 0 Å². The molecule has 1 unspecified atom stereocenters. The lowest BCUT2D eigenvalue weighted by Gasteiger charge is -2.13. The summed E-state index contributed by atoms with van der Waals surface area (Å²) in [7, 11) is 2.04. The molecule has 2 aromatic rings. The highest BCUT2D eigenvalue weighted by molar-refractivity contribution is 7.98. The third kappa shape index (κ3) is 9.94. The SMILES string of the molecule is COc1ccc(C(O)CN=C(NCCSCc2ccc(CN(C)C)o2)NS(C)(=O)=O)cc1. The number of methoxy groups -OCH3 is 1. The van der Waals surface area contributed by atoms with Crippen molar-refractivity contribution >= 4 is 27.7 Å². The van der Waals surface area contributed by atoms with Crippen LogP contribution in [-0.2, 0) is 22.3 Å². The van der Waals surface area contributed by atoms with E-state index in [1.54, 1.807) is 43.1 Å². The Bertz CT molecular complexity index is 959. The van der Waals surface area contributed by atoms with Crippen LogP contribution in [0.1, 0.15) is 23.2 Å². The summed E-state index contributed by atoms with van der Waals surface area (Å²) in [5.41, 5.74) is 0.663. The molecule has 11 heteroatoms. The molecule has 0 saturated carbocycles. The largest absolute Gasteiger partial charge is 0.497 e. The fraction of sp³-hybridized carbons (Fsp3) is 0.476. The normalized spacial score (nSPS) is 13.2. The summed E-state index contributed by atoms with van der Waals surface area (Å²) >= 11 is 1.66. The molecule has 178 valence electrons. The standard InChI is InChI=1S/C21H32N4O5S2/c1-25(2)14-18-9-10-19(30-18)15-31-12-11-22-21(24-32(4,27)28)23-13-20(26)16-5-7-17(29-3)8-6-16/h5-10,20,26H,11-15H2,1-4H3,(H2,22,23,24). The Morgan fingerprint density at radius 2 is 1.91 bits per heavy atom. The molecule has 0 aliphatic heterocycles. The highest BCUT2D eigenvalue weighted by Gasteiger charge is 2.11. The molecule has 1 aromatic heterocycles. The van der Waals surface area contributed by atoms with Crippen molar-refractivity contribution in [3.8, 4) is 5.75 Å². The van der Waals surface area contributed by atoms with Gasteiger partial charge in [0.05, 0.1) is 38.3 Å². The zero-order chi connectivity index (χ0) is 23.6. The number of aliphatic hydroxyl groups is 1. The number of nitrogens with zero attached hydrogens (tertiary/aromatic N) is 2. The van der Waals surface area contributed by atoms with Crippen molar-refractivity contribution in [2.75, 3.05) is 46.3 Å². The van der Waals surface area contributed by atoms with Gasteiger partial charge in [-0.3, -0.25) is 4.72 Å². The van der Waals surface area contributed by atoms with Crippen molar-refractivity contribution in [2.45, 2.75) is 18.4 Å². The van der Waals surface area contributed by atoms with Crippen LogP contribution in [0.15, 0.2) is 45.8 Å². The maximum atomic E-state index is 11.7. The van der Waals surface area contributed by atoms with Gasteiger partial charge in [-0.25, -0.2) is 13.4 Å². The molecule has 1 atom stereocenters. The average Bonchev–Trinajstić information content (AvgIpc) is 3.16. The molecule has 0 spiro atoms. The van der Waals surface area contributed by atoms with Crippen LogP contribution in [0, 0.1) is 0 Å². The second-order valence-electron chi connectivity index (χ2n) is 7.44. The number of aliphatic hydroxyl groups excluding tert-OH is 1. The van der Waals surface area contributed by atoms with E-state index in [1.807, 2.05) is 31.1 Å². The average molecular weight is 485 g/mol. The third-order valence-corrected chi connectivity index (χ3v) is 5.72. The maximum absolute atomic E-state index is 11.7. The molecule has 0 amide bonds. The molecule has 0 aliphatic rings. The molecule has 0 fully saturated rings. The van der Waals surface area contributed by atoms with Gasteiger partial charge < -0.3 is 24.5 Å². The van der Waals surface area contributed by atoms with E-state index in [0.717, 1.165) is 35.8 Å². The van der Waals surface area contributed by atoms with Crippen LogP contribution in [0.2, 0.25) is 0 Å². The van der Waals surface area contributed by atoms with E-state index in [0.29, 0.717) is 17.9 Å². The molecule has 3 N–H and O–H groups in total. The highest BCUT2D eigenvalue weighted by Crippen LogP contribution is 2.18. The molecular formula is C21H32N4O5S2. The van der Waals surface area contributed by atoms with Gasteiger partial charge >= 0.3 is 0 Å². The molecule has 1 aromatic carbocycles. The van der Waals surface area contributed by atoms with Gasteiger partial charge in [-0.2, -0.15) is 11.8 Å². The molecular weight excluding hydrogens is 452 g/mol. The predicted molar refractivity (Wildman–Crippen MR) is 128 cm³/mol. The Morgan fingerprint density at radius 1 is 1.22 bits per heavy atom. The van der Waals surface area contributed by atoms with Gasteiger partial charge in [0.25, 0.3) is 0 Å². The van der Waals surface area contributed by atoms with Gasteiger partial charge in [-0.05, 0) is 43.9 Å². The lowest BCUT2D eigenvalue weighted by atomic mass is 10.1. The van der Waals surface area contributed by atoms with Crippen molar-refractivity contribution in [3.05, 3.63) is 53.5 Å². The number of sulfonamides is 1. The van der Waals surface area contributed by atoms with Gasteiger partial charge in [0.1, 0.15) is 17.3 Å². The predicted octanol–water partition coefficient (Wildman–Crippen LogP) is 1.81.